The smallest absolute Gasteiger partial charge is 0.373 e. The van der Waals surface area contributed by atoms with Gasteiger partial charge in [0.2, 0.25) is 0 Å². The molecule has 0 radical (unpaired) electrons. The van der Waals surface area contributed by atoms with Crippen LogP contribution in [0.2, 0.25) is 0 Å². The van der Waals surface area contributed by atoms with Crippen LogP contribution in [-0.4, -0.2) is 9.66 Å². The highest BCUT2D eigenvalue weighted by atomic mass is 16.5. The summed E-state index contributed by atoms with van der Waals surface area (Å²) in [4.78, 5) is 25.3. The zero-order valence-electron chi connectivity index (χ0n) is 8.45. The Hall–Kier alpha value is -2.70. The zero-order valence-corrected chi connectivity index (χ0v) is 8.45. The molecule has 17 heavy (non-hydrogen) atoms. The molecule has 7 nitrogen and oxygen atoms in total. The van der Waals surface area contributed by atoms with Gasteiger partial charge in [-0.2, -0.15) is 4.98 Å². The molecule has 0 aliphatic carbocycles. The van der Waals surface area contributed by atoms with Gasteiger partial charge in [-0.1, -0.05) is 12.1 Å². The summed E-state index contributed by atoms with van der Waals surface area (Å²) >= 11 is 0. The Morgan fingerprint density at radius 1 is 1.29 bits per heavy atom. The van der Waals surface area contributed by atoms with E-state index in [4.69, 9.17) is 4.74 Å². The molecule has 1 N–H and O–H groups in total. The number of hydrogen-bond donors (Lipinski definition) is 1. The van der Waals surface area contributed by atoms with Crippen molar-refractivity contribution in [1.82, 2.24) is 9.66 Å². The zero-order chi connectivity index (χ0) is 11.8. The minimum atomic E-state index is -0.755. The average Bonchev–Trinajstić information content (AvgIpc) is 2.35. The van der Waals surface area contributed by atoms with Gasteiger partial charge in [0.25, 0.3) is 0 Å². The molecule has 0 saturated carbocycles. The first-order chi connectivity index (χ1) is 8.28. The van der Waals surface area contributed by atoms with Gasteiger partial charge in [0.05, 0.1) is 17.2 Å². The molecule has 0 atom stereocenters. The van der Waals surface area contributed by atoms with Crippen molar-refractivity contribution in [3.8, 4) is 11.5 Å². The first kappa shape index (κ1) is 9.52. The van der Waals surface area contributed by atoms with Gasteiger partial charge in [-0.05, 0) is 12.1 Å². The number of fused-ring (bicyclic) bond motifs is 2. The van der Waals surface area contributed by atoms with Crippen LogP contribution in [0.15, 0.2) is 40.5 Å². The van der Waals surface area contributed by atoms with Gasteiger partial charge >= 0.3 is 5.69 Å². The lowest BCUT2D eigenvalue weighted by Crippen LogP contribution is -2.21. The van der Waals surface area contributed by atoms with Gasteiger partial charge in [0.15, 0.2) is 17.3 Å². The summed E-state index contributed by atoms with van der Waals surface area (Å²) in [7, 11) is 0. The maximum absolute atomic E-state index is 11.3. The predicted octanol–water partition coefficient (Wildman–Crippen LogP) is 1.62. The molecule has 1 aromatic carbocycles. The molecule has 0 saturated heterocycles. The number of benzene rings is 1. The second-order valence-electron chi connectivity index (χ2n) is 3.39. The lowest BCUT2D eigenvalue weighted by Gasteiger charge is -2.19. The number of nitrogens with one attached hydrogen (secondary N) is 1. The average molecular weight is 230 g/mol. The van der Waals surface area contributed by atoms with Crippen LogP contribution in [0.4, 0.5) is 11.5 Å². The van der Waals surface area contributed by atoms with Crippen molar-refractivity contribution in [3.05, 3.63) is 45.9 Å². The number of rotatable bonds is 1. The van der Waals surface area contributed by atoms with Gasteiger partial charge in [-0.25, -0.2) is 4.79 Å². The third-order valence-corrected chi connectivity index (χ3v) is 2.32. The lowest BCUT2D eigenvalue weighted by molar-refractivity contribution is 0.469. The van der Waals surface area contributed by atoms with E-state index in [1.165, 1.54) is 6.20 Å². The van der Waals surface area contributed by atoms with E-state index in [1.54, 1.807) is 12.1 Å². The number of aromatic nitrogens is 2. The van der Waals surface area contributed by atoms with Crippen LogP contribution in [0.5, 0.6) is 11.5 Å². The fourth-order valence-electron chi connectivity index (χ4n) is 1.56. The predicted molar refractivity (Wildman–Crippen MR) is 59.5 cm³/mol. The Labute approximate surface area is 94.6 Å². The Kier molecular flexibility index (Phi) is 1.91. The fraction of sp³-hybridized carbons (Fsp3) is 0. The maximum Gasteiger partial charge on any atom is 0.373 e. The molecular formula is C10H6N4O3. The van der Waals surface area contributed by atoms with Crippen molar-refractivity contribution >= 4 is 11.5 Å². The molecule has 2 heterocycles. The fourth-order valence-corrected chi connectivity index (χ4v) is 1.56. The largest absolute Gasteiger partial charge is 0.450 e. The number of hydrogen-bond acceptors (Lipinski definition) is 6. The standard InChI is InChI=1S/C10H6N4O3/c15-10-12-9-8(5-14(10)13-16)17-7-4-2-1-3-6(7)11-9/h1-5H,(H,11,12,15). The Morgan fingerprint density at radius 2 is 2.12 bits per heavy atom. The van der Waals surface area contributed by atoms with E-state index in [9.17, 15) is 9.70 Å². The van der Waals surface area contributed by atoms with Crippen LogP contribution in [0.1, 0.15) is 0 Å². The minimum Gasteiger partial charge on any atom is -0.450 e. The van der Waals surface area contributed by atoms with Gasteiger partial charge in [0.1, 0.15) is 0 Å². The maximum atomic E-state index is 11.3. The number of ether oxygens (including phenoxy) is 1. The van der Waals surface area contributed by atoms with Gasteiger partial charge in [-0.3, -0.25) is 0 Å². The van der Waals surface area contributed by atoms with Crippen LogP contribution < -0.4 is 15.7 Å². The molecule has 0 bridgehead atoms. The Bertz CT molecular complexity index is 665. The molecule has 0 unspecified atom stereocenters. The quantitative estimate of drug-likeness (QED) is 0.642. The minimum absolute atomic E-state index is 0.272. The first-order valence-corrected chi connectivity index (χ1v) is 4.79. The molecule has 84 valence electrons. The molecule has 7 heteroatoms. The Morgan fingerprint density at radius 3 is 2.94 bits per heavy atom. The number of anilines is 2. The molecule has 0 spiro atoms. The summed E-state index contributed by atoms with van der Waals surface area (Å²) in [5.41, 5.74) is -0.0436. The van der Waals surface area contributed by atoms with Crippen LogP contribution >= 0.6 is 0 Å². The lowest BCUT2D eigenvalue weighted by atomic mass is 10.2. The van der Waals surface area contributed by atoms with Crippen molar-refractivity contribution in [2.45, 2.75) is 0 Å². The topological polar surface area (TPSA) is 85.6 Å². The van der Waals surface area contributed by atoms with E-state index < -0.39 is 5.69 Å². The molecule has 0 amide bonds. The molecular weight excluding hydrogens is 224 g/mol. The highest BCUT2D eigenvalue weighted by Crippen LogP contribution is 2.39. The molecule has 1 aromatic heterocycles. The van der Waals surface area contributed by atoms with Crippen molar-refractivity contribution in [2.24, 2.45) is 5.29 Å². The van der Waals surface area contributed by atoms with E-state index in [2.05, 4.69) is 15.6 Å². The van der Waals surface area contributed by atoms with E-state index >= 15 is 0 Å². The normalized spacial score (nSPS) is 11.8. The van der Waals surface area contributed by atoms with E-state index in [0.717, 1.165) is 0 Å². The van der Waals surface area contributed by atoms with Crippen LogP contribution in [-0.2, 0) is 0 Å². The monoisotopic (exact) mass is 230 g/mol. The third kappa shape index (κ3) is 1.44. The number of para-hydroxylation sites is 2. The summed E-state index contributed by atoms with van der Waals surface area (Å²) < 4.78 is 6.07. The first-order valence-electron chi connectivity index (χ1n) is 4.79. The van der Waals surface area contributed by atoms with Crippen molar-refractivity contribution in [3.63, 3.8) is 0 Å². The summed E-state index contributed by atoms with van der Waals surface area (Å²) in [6.45, 7) is 0. The highest BCUT2D eigenvalue weighted by molar-refractivity contribution is 5.72. The van der Waals surface area contributed by atoms with E-state index in [-0.39, 0.29) is 11.6 Å². The van der Waals surface area contributed by atoms with Gasteiger partial charge in [0, 0.05) is 0 Å². The van der Waals surface area contributed by atoms with Crippen LogP contribution in [0.3, 0.4) is 0 Å². The van der Waals surface area contributed by atoms with Crippen molar-refractivity contribution in [1.29, 1.82) is 0 Å². The number of nitrogens with zero attached hydrogens (tertiary/aromatic N) is 3. The second kappa shape index (κ2) is 3.41. The van der Waals surface area contributed by atoms with Gasteiger partial charge in [-0.15, -0.1) is 9.58 Å². The molecule has 1 aliphatic heterocycles. The van der Waals surface area contributed by atoms with Crippen molar-refractivity contribution < 1.29 is 4.74 Å². The van der Waals surface area contributed by atoms with Gasteiger partial charge < -0.3 is 10.1 Å². The SMILES string of the molecule is O=Nn1cc2c(nc1=O)Nc1ccccc1O2. The molecule has 0 fully saturated rings. The Balaban J connectivity index is 2.15. The summed E-state index contributed by atoms with van der Waals surface area (Å²) in [6.07, 6.45) is 1.20. The molecule has 1 aliphatic rings. The van der Waals surface area contributed by atoms with Crippen molar-refractivity contribution in [2.75, 3.05) is 5.32 Å². The van der Waals surface area contributed by atoms with Crippen LogP contribution in [0, 0.1) is 4.91 Å². The third-order valence-electron chi connectivity index (χ3n) is 2.32. The molecule has 2 aromatic rings. The summed E-state index contributed by atoms with van der Waals surface area (Å²) in [6, 6.07) is 7.19. The van der Waals surface area contributed by atoms with Crippen LogP contribution in [0.25, 0.3) is 0 Å². The molecule has 3 rings (SSSR count). The summed E-state index contributed by atoms with van der Waals surface area (Å²) in [5.74, 6) is 1.15. The van der Waals surface area contributed by atoms with E-state index in [0.29, 0.717) is 16.1 Å². The second-order valence-corrected chi connectivity index (χ2v) is 3.39. The number of nitroso groups, excluding NO2 is 1. The summed E-state index contributed by atoms with van der Waals surface area (Å²) in [5, 5.41) is 5.46. The highest BCUT2D eigenvalue weighted by Gasteiger charge is 2.19. The van der Waals surface area contributed by atoms with E-state index in [1.807, 2.05) is 12.1 Å².